The molecule has 4 atom stereocenters. The maximum atomic E-state index is 12.7. The predicted octanol–water partition coefficient (Wildman–Crippen LogP) is 2.18. The molecule has 0 radical (unpaired) electrons. The van der Waals surface area contributed by atoms with Crippen molar-refractivity contribution in [1.82, 2.24) is 0 Å². The van der Waals surface area contributed by atoms with Crippen molar-refractivity contribution >= 4 is 29.1 Å². The van der Waals surface area contributed by atoms with Crippen molar-refractivity contribution in [2.24, 2.45) is 23.7 Å². The maximum absolute atomic E-state index is 12.7. The Morgan fingerprint density at radius 3 is 2.09 bits per heavy atom. The average molecular weight is 298 g/mol. The zero-order chi connectivity index (χ0) is 15.4. The van der Waals surface area contributed by atoms with E-state index in [1.54, 1.807) is 24.3 Å². The van der Waals surface area contributed by atoms with E-state index in [-0.39, 0.29) is 29.6 Å². The molecule has 2 saturated carbocycles. The molecule has 114 valence electrons. The van der Waals surface area contributed by atoms with Crippen LogP contribution in [-0.2, 0) is 14.4 Å². The van der Waals surface area contributed by atoms with E-state index >= 15 is 0 Å². The molecule has 2 aliphatic carbocycles. The van der Waals surface area contributed by atoms with Crippen molar-refractivity contribution in [3.8, 4) is 0 Å². The zero-order valence-electron chi connectivity index (χ0n) is 12.4. The average Bonchev–Trinajstić information content (AvgIpc) is 3.14. The summed E-state index contributed by atoms with van der Waals surface area (Å²) < 4.78 is 0. The number of benzene rings is 1. The monoisotopic (exact) mass is 298 g/mol. The standard InChI is InChI=1S/C17H18N2O3/c1-9(20)18-12-4-6-13(7-5-12)19-16(21)14-10-2-3-11(8-10)15(14)17(19)22/h4-7,10-11,14-15H,2-3,8H2,1H3,(H,18,20)/t10-,11-,14+,15+/m0/s1. The molecule has 5 nitrogen and oxygen atoms in total. The predicted molar refractivity (Wildman–Crippen MR) is 81.0 cm³/mol. The fraction of sp³-hybridized carbons (Fsp3) is 0.471. The van der Waals surface area contributed by atoms with Gasteiger partial charge in [-0.1, -0.05) is 0 Å². The minimum absolute atomic E-state index is 0.0329. The van der Waals surface area contributed by atoms with Crippen LogP contribution >= 0.6 is 0 Å². The number of amides is 3. The molecule has 1 N–H and O–H groups in total. The van der Waals surface area contributed by atoms with Gasteiger partial charge < -0.3 is 5.32 Å². The van der Waals surface area contributed by atoms with E-state index in [9.17, 15) is 14.4 Å². The van der Waals surface area contributed by atoms with Crippen LogP contribution in [0, 0.1) is 23.7 Å². The summed E-state index contributed by atoms with van der Waals surface area (Å²) in [5, 5.41) is 2.68. The molecule has 1 saturated heterocycles. The van der Waals surface area contributed by atoms with Crippen molar-refractivity contribution < 1.29 is 14.4 Å². The summed E-state index contributed by atoms with van der Waals surface area (Å²) in [4.78, 5) is 37.8. The van der Waals surface area contributed by atoms with Gasteiger partial charge in [0.25, 0.3) is 0 Å². The third-order valence-electron chi connectivity index (χ3n) is 5.37. The lowest BCUT2D eigenvalue weighted by atomic mass is 9.81. The number of nitrogens with zero attached hydrogens (tertiary/aromatic N) is 1. The Bertz CT molecular complexity index is 639. The molecular formula is C17H18N2O3. The van der Waals surface area contributed by atoms with Gasteiger partial charge in [0.2, 0.25) is 17.7 Å². The molecule has 1 aromatic carbocycles. The molecule has 5 heteroatoms. The van der Waals surface area contributed by atoms with Crippen molar-refractivity contribution in [2.45, 2.75) is 26.2 Å². The number of anilines is 2. The van der Waals surface area contributed by atoms with E-state index in [4.69, 9.17) is 0 Å². The van der Waals surface area contributed by atoms with Crippen LogP contribution in [0.2, 0.25) is 0 Å². The second kappa shape index (κ2) is 4.66. The lowest BCUT2D eigenvalue weighted by Crippen LogP contribution is -2.32. The zero-order valence-corrected chi connectivity index (χ0v) is 12.4. The topological polar surface area (TPSA) is 66.5 Å². The number of nitrogens with one attached hydrogen (secondary N) is 1. The van der Waals surface area contributed by atoms with E-state index in [0.29, 0.717) is 23.2 Å². The number of imide groups is 1. The van der Waals surface area contributed by atoms with Crippen LogP contribution in [0.15, 0.2) is 24.3 Å². The van der Waals surface area contributed by atoms with Crippen LogP contribution in [0.25, 0.3) is 0 Å². The number of hydrogen-bond donors (Lipinski definition) is 1. The SMILES string of the molecule is CC(=O)Nc1ccc(N2C(=O)[C@@H]3[C@H]4CC[C@@H](C4)[C@H]3C2=O)cc1. The first-order chi connectivity index (χ1) is 10.6. The van der Waals surface area contributed by atoms with Crippen LogP contribution in [0.4, 0.5) is 11.4 Å². The molecule has 3 aliphatic rings. The first-order valence-electron chi connectivity index (χ1n) is 7.81. The van der Waals surface area contributed by atoms with Crippen LogP contribution in [0.3, 0.4) is 0 Å². The van der Waals surface area contributed by atoms with Crippen molar-refractivity contribution in [2.75, 3.05) is 10.2 Å². The lowest BCUT2D eigenvalue weighted by Gasteiger charge is -2.19. The van der Waals surface area contributed by atoms with Gasteiger partial charge in [-0.25, -0.2) is 0 Å². The largest absolute Gasteiger partial charge is 0.326 e. The summed E-state index contributed by atoms with van der Waals surface area (Å²) in [6, 6.07) is 6.90. The molecule has 0 aromatic heterocycles. The second-order valence-corrected chi connectivity index (χ2v) is 6.62. The van der Waals surface area contributed by atoms with Crippen LogP contribution in [0.5, 0.6) is 0 Å². The van der Waals surface area contributed by atoms with Gasteiger partial charge in [0.05, 0.1) is 17.5 Å². The summed E-state index contributed by atoms with van der Waals surface area (Å²) in [5.41, 5.74) is 1.27. The Morgan fingerprint density at radius 2 is 1.59 bits per heavy atom. The number of fused-ring (bicyclic) bond motifs is 5. The summed E-state index contributed by atoms with van der Waals surface area (Å²) in [6.07, 6.45) is 3.21. The fourth-order valence-corrected chi connectivity index (χ4v) is 4.56. The summed E-state index contributed by atoms with van der Waals surface area (Å²) in [5.74, 6) is 0.392. The first-order valence-corrected chi connectivity index (χ1v) is 7.81. The molecule has 2 bridgehead atoms. The minimum Gasteiger partial charge on any atom is -0.326 e. The summed E-state index contributed by atoms with van der Waals surface area (Å²) in [7, 11) is 0. The highest BCUT2D eigenvalue weighted by Gasteiger charge is 2.61. The van der Waals surface area contributed by atoms with E-state index in [0.717, 1.165) is 19.3 Å². The van der Waals surface area contributed by atoms with E-state index in [1.165, 1.54) is 11.8 Å². The Hall–Kier alpha value is -2.17. The van der Waals surface area contributed by atoms with Gasteiger partial charge in [-0.3, -0.25) is 19.3 Å². The summed E-state index contributed by atoms with van der Waals surface area (Å²) in [6.45, 7) is 1.44. The Labute approximate surface area is 128 Å². The molecule has 1 aliphatic heterocycles. The molecule has 3 fully saturated rings. The number of hydrogen-bond acceptors (Lipinski definition) is 3. The van der Waals surface area contributed by atoms with E-state index < -0.39 is 0 Å². The quantitative estimate of drug-likeness (QED) is 0.851. The highest BCUT2D eigenvalue weighted by Crippen LogP contribution is 2.56. The van der Waals surface area contributed by atoms with Gasteiger partial charge >= 0.3 is 0 Å². The van der Waals surface area contributed by atoms with Crippen LogP contribution in [-0.4, -0.2) is 17.7 Å². The van der Waals surface area contributed by atoms with Crippen molar-refractivity contribution in [3.63, 3.8) is 0 Å². The molecular weight excluding hydrogens is 280 g/mol. The first kappa shape index (κ1) is 13.5. The van der Waals surface area contributed by atoms with Gasteiger partial charge in [0, 0.05) is 12.6 Å². The van der Waals surface area contributed by atoms with E-state index in [1.807, 2.05) is 0 Å². The summed E-state index contributed by atoms with van der Waals surface area (Å²) >= 11 is 0. The minimum atomic E-state index is -0.146. The number of carbonyl (C=O) groups is 3. The molecule has 22 heavy (non-hydrogen) atoms. The van der Waals surface area contributed by atoms with Gasteiger partial charge in [-0.05, 0) is 55.4 Å². The lowest BCUT2D eigenvalue weighted by molar-refractivity contribution is -0.123. The van der Waals surface area contributed by atoms with Crippen molar-refractivity contribution in [1.29, 1.82) is 0 Å². The third kappa shape index (κ3) is 1.81. The molecule has 0 spiro atoms. The Kier molecular flexibility index (Phi) is 2.86. The maximum Gasteiger partial charge on any atom is 0.237 e. The van der Waals surface area contributed by atoms with Crippen molar-refractivity contribution in [3.05, 3.63) is 24.3 Å². The van der Waals surface area contributed by atoms with Gasteiger partial charge in [0.1, 0.15) is 0 Å². The normalized spacial score (nSPS) is 32.5. The van der Waals surface area contributed by atoms with Crippen LogP contribution in [0.1, 0.15) is 26.2 Å². The Balaban J connectivity index is 1.62. The Morgan fingerprint density at radius 1 is 1.05 bits per heavy atom. The highest BCUT2D eigenvalue weighted by atomic mass is 16.2. The number of carbonyl (C=O) groups excluding carboxylic acids is 3. The smallest absolute Gasteiger partial charge is 0.237 e. The van der Waals surface area contributed by atoms with Crippen LogP contribution < -0.4 is 10.2 Å². The molecule has 1 aromatic rings. The van der Waals surface area contributed by atoms with Gasteiger partial charge in [-0.15, -0.1) is 0 Å². The molecule has 4 rings (SSSR count). The highest BCUT2D eigenvalue weighted by molar-refractivity contribution is 6.22. The second-order valence-electron chi connectivity index (χ2n) is 6.62. The molecule has 0 unspecified atom stereocenters. The van der Waals surface area contributed by atoms with Gasteiger partial charge in [0.15, 0.2) is 0 Å². The third-order valence-corrected chi connectivity index (χ3v) is 5.37. The fourth-order valence-electron chi connectivity index (χ4n) is 4.56. The van der Waals surface area contributed by atoms with E-state index in [2.05, 4.69) is 5.32 Å². The molecule has 1 heterocycles. The van der Waals surface area contributed by atoms with Gasteiger partial charge in [-0.2, -0.15) is 0 Å². The molecule has 3 amide bonds. The number of rotatable bonds is 2.